The van der Waals surface area contributed by atoms with E-state index in [4.69, 9.17) is 32.7 Å². The van der Waals surface area contributed by atoms with E-state index in [1.807, 2.05) is 44.2 Å². The number of hydrogen-bond acceptors (Lipinski definition) is 6. The molecule has 12 heteroatoms. The second-order valence-electron chi connectivity index (χ2n) is 11.1. The number of anilines is 1. The number of halogens is 2. The molecule has 9 nitrogen and oxygen atoms in total. The predicted octanol–water partition coefficient (Wildman–Crippen LogP) is 6.68. The Labute approximate surface area is 292 Å². The summed E-state index contributed by atoms with van der Waals surface area (Å²) >= 11 is 12.5. The van der Waals surface area contributed by atoms with E-state index >= 15 is 0 Å². The molecule has 254 valence electrons. The zero-order valence-electron chi connectivity index (χ0n) is 27.3. The van der Waals surface area contributed by atoms with E-state index in [1.165, 1.54) is 37.3 Å². The van der Waals surface area contributed by atoms with Crippen molar-refractivity contribution in [1.29, 1.82) is 0 Å². The largest absolute Gasteiger partial charge is 0.493 e. The van der Waals surface area contributed by atoms with Gasteiger partial charge in [0.2, 0.25) is 11.8 Å². The van der Waals surface area contributed by atoms with Gasteiger partial charge in [0.05, 0.1) is 34.8 Å². The molecule has 1 atom stereocenters. The monoisotopic (exact) mass is 711 g/mol. The minimum atomic E-state index is -4.35. The Morgan fingerprint density at radius 1 is 0.833 bits per heavy atom. The molecular weight excluding hydrogens is 673 g/mol. The molecule has 0 fully saturated rings. The molecule has 2 amide bonds. The molecule has 0 aliphatic heterocycles. The minimum absolute atomic E-state index is 0.0368. The Kier molecular flexibility index (Phi) is 12.7. The average Bonchev–Trinajstić information content (AvgIpc) is 3.09. The van der Waals surface area contributed by atoms with Crippen LogP contribution < -0.4 is 19.1 Å². The van der Waals surface area contributed by atoms with Crippen LogP contribution in [-0.4, -0.2) is 58.5 Å². The average molecular weight is 713 g/mol. The summed E-state index contributed by atoms with van der Waals surface area (Å²) in [6.45, 7) is 3.58. The number of sulfonamides is 1. The van der Waals surface area contributed by atoms with Gasteiger partial charge in [-0.2, -0.15) is 0 Å². The number of benzene rings is 4. The highest BCUT2D eigenvalue weighted by molar-refractivity contribution is 7.92. The summed E-state index contributed by atoms with van der Waals surface area (Å²) in [6, 6.07) is 24.4. The molecule has 0 aliphatic rings. The smallest absolute Gasteiger partial charge is 0.264 e. The lowest BCUT2D eigenvalue weighted by Gasteiger charge is -2.34. The molecule has 4 rings (SSSR count). The minimum Gasteiger partial charge on any atom is -0.493 e. The van der Waals surface area contributed by atoms with Gasteiger partial charge >= 0.3 is 0 Å². The molecule has 4 aromatic carbocycles. The van der Waals surface area contributed by atoms with Gasteiger partial charge in [0.25, 0.3) is 10.0 Å². The lowest BCUT2D eigenvalue weighted by Crippen LogP contribution is -2.53. The van der Waals surface area contributed by atoms with Crippen molar-refractivity contribution in [1.82, 2.24) is 10.2 Å². The zero-order valence-corrected chi connectivity index (χ0v) is 29.6. The number of carbonyl (C=O) groups is 2. The quantitative estimate of drug-likeness (QED) is 0.148. The number of amides is 2. The first-order chi connectivity index (χ1) is 23.0. The summed E-state index contributed by atoms with van der Waals surface area (Å²) in [5, 5.41) is 3.55. The molecule has 0 heterocycles. The number of nitrogens with zero attached hydrogens (tertiary/aromatic N) is 2. The summed E-state index contributed by atoms with van der Waals surface area (Å²) < 4.78 is 40.5. The fourth-order valence-corrected chi connectivity index (χ4v) is 6.85. The highest BCUT2D eigenvalue weighted by Gasteiger charge is 2.35. The van der Waals surface area contributed by atoms with Gasteiger partial charge < -0.3 is 19.7 Å². The van der Waals surface area contributed by atoms with Crippen molar-refractivity contribution in [2.24, 2.45) is 0 Å². The summed E-state index contributed by atoms with van der Waals surface area (Å²) in [5.41, 5.74) is 2.62. The van der Waals surface area contributed by atoms with Crippen LogP contribution in [0.15, 0.2) is 95.9 Å². The molecule has 0 aliphatic carbocycles. The van der Waals surface area contributed by atoms with Crippen LogP contribution >= 0.6 is 23.2 Å². The van der Waals surface area contributed by atoms with E-state index in [9.17, 15) is 18.0 Å². The third-order valence-corrected chi connectivity index (χ3v) is 10.2. The van der Waals surface area contributed by atoms with Crippen LogP contribution in [0.5, 0.6) is 11.5 Å². The fraction of sp³-hybridized carbons (Fsp3) is 0.278. The van der Waals surface area contributed by atoms with Crippen molar-refractivity contribution >= 4 is 50.7 Å². The molecule has 0 saturated heterocycles. The van der Waals surface area contributed by atoms with E-state index in [0.717, 1.165) is 15.4 Å². The lowest BCUT2D eigenvalue weighted by atomic mass is 10.0. The number of aryl methyl sites for hydroxylation is 1. The van der Waals surface area contributed by atoms with Gasteiger partial charge in [0.1, 0.15) is 12.6 Å². The van der Waals surface area contributed by atoms with Crippen molar-refractivity contribution in [2.45, 2.75) is 44.2 Å². The highest BCUT2D eigenvalue weighted by atomic mass is 35.5. The van der Waals surface area contributed by atoms with Crippen LogP contribution in [-0.2, 0) is 32.6 Å². The molecule has 1 N–H and O–H groups in total. The van der Waals surface area contributed by atoms with Crippen molar-refractivity contribution in [3.8, 4) is 11.5 Å². The van der Waals surface area contributed by atoms with Gasteiger partial charge in [-0.1, -0.05) is 84.2 Å². The van der Waals surface area contributed by atoms with Gasteiger partial charge in [0, 0.05) is 25.6 Å². The number of ether oxygens (including phenoxy) is 2. The van der Waals surface area contributed by atoms with Crippen molar-refractivity contribution < 1.29 is 27.5 Å². The zero-order chi connectivity index (χ0) is 34.8. The Balaban J connectivity index is 1.83. The molecule has 48 heavy (non-hydrogen) atoms. The second-order valence-corrected chi connectivity index (χ2v) is 13.8. The Morgan fingerprint density at radius 2 is 1.52 bits per heavy atom. The maximum absolute atomic E-state index is 14.6. The SMILES string of the molecule is CCCNC(=O)C(Cc1ccccc1)N(Cc1ccc(Cl)c(Cl)c1)C(=O)CN(c1ccc(C)cc1)S(=O)(=O)c1ccc(OC)c(OC)c1. The number of nitrogens with one attached hydrogen (secondary N) is 1. The number of methoxy groups -OCH3 is 2. The maximum atomic E-state index is 14.6. The van der Waals surface area contributed by atoms with Gasteiger partial charge in [-0.15, -0.1) is 0 Å². The molecule has 4 aromatic rings. The van der Waals surface area contributed by atoms with E-state index in [2.05, 4.69) is 5.32 Å². The van der Waals surface area contributed by atoms with Crippen LogP contribution in [0.25, 0.3) is 0 Å². The highest BCUT2D eigenvalue weighted by Crippen LogP contribution is 2.33. The van der Waals surface area contributed by atoms with Gasteiger partial charge in [0.15, 0.2) is 11.5 Å². The third-order valence-electron chi connectivity index (χ3n) is 7.70. The number of carbonyl (C=O) groups excluding carboxylic acids is 2. The molecular formula is C36H39Cl2N3O6S. The van der Waals surface area contributed by atoms with Gasteiger partial charge in [-0.3, -0.25) is 13.9 Å². The lowest BCUT2D eigenvalue weighted by molar-refractivity contribution is -0.140. The second kappa shape index (κ2) is 16.7. The van der Waals surface area contributed by atoms with Crippen molar-refractivity contribution in [3.63, 3.8) is 0 Å². The maximum Gasteiger partial charge on any atom is 0.264 e. The van der Waals surface area contributed by atoms with E-state index in [0.29, 0.717) is 29.3 Å². The predicted molar refractivity (Wildman–Crippen MR) is 190 cm³/mol. The van der Waals surface area contributed by atoms with Crippen LogP contribution in [0.4, 0.5) is 5.69 Å². The Morgan fingerprint density at radius 3 is 2.15 bits per heavy atom. The molecule has 0 spiro atoms. The molecule has 1 unspecified atom stereocenters. The topological polar surface area (TPSA) is 105 Å². The van der Waals surface area contributed by atoms with Crippen LogP contribution in [0.3, 0.4) is 0 Å². The summed E-state index contributed by atoms with van der Waals surface area (Å²) in [5.74, 6) is -0.397. The number of rotatable bonds is 15. The van der Waals surface area contributed by atoms with E-state index in [-0.39, 0.29) is 40.2 Å². The van der Waals surface area contributed by atoms with Gasteiger partial charge in [-0.05, 0) is 60.9 Å². The molecule has 0 aromatic heterocycles. The normalized spacial score (nSPS) is 11.8. The summed E-state index contributed by atoms with van der Waals surface area (Å²) in [6.07, 6.45) is 0.881. The third kappa shape index (κ3) is 9.00. The van der Waals surface area contributed by atoms with Crippen molar-refractivity contribution in [3.05, 3.63) is 118 Å². The van der Waals surface area contributed by atoms with E-state index in [1.54, 1.807) is 42.5 Å². The summed E-state index contributed by atoms with van der Waals surface area (Å²) in [4.78, 5) is 29.7. The number of hydrogen-bond donors (Lipinski definition) is 1. The van der Waals surface area contributed by atoms with E-state index < -0.39 is 28.5 Å². The van der Waals surface area contributed by atoms with Crippen LogP contribution in [0.2, 0.25) is 10.0 Å². The van der Waals surface area contributed by atoms with Crippen molar-refractivity contribution in [2.75, 3.05) is 31.6 Å². The standard InChI is InChI=1S/C36H39Cl2N3O6S/c1-5-19-39-36(43)32(21-26-9-7-6-8-10-26)40(23-27-13-17-30(37)31(38)20-27)35(42)24-41(28-14-11-25(2)12-15-28)48(44,45)29-16-18-33(46-3)34(22-29)47-4/h6-18,20,22,32H,5,19,21,23-24H2,1-4H3,(H,39,43). The fourth-order valence-electron chi connectivity index (χ4n) is 5.10. The van der Waals surface area contributed by atoms with Gasteiger partial charge in [-0.25, -0.2) is 8.42 Å². The first-order valence-corrected chi connectivity index (χ1v) is 17.5. The molecule has 0 saturated carbocycles. The first-order valence-electron chi connectivity index (χ1n) is 15.3. The van der Waals surface area contributed by atoms with Crippen LogP contribution in [0, 0.1) is 6.92 Å². The Bertz CT molecular complexity index is 1820. The van der Waals surface area contributed by atoms with Crippen LogP contribution in [0.1, 0.15) is 30.0 Å². The Hall–Kier alpha value is -4.25. The summed E-state index contributed by atoms with van der Waals surface area (Å²) in [7, 11) is -1.48. The molecule has 0 radical (unpaired) electrons. The first kappa shape index (κ1) is 36.6. The molecule has 0 bridgehead atoms.